The third-order valence-corrected chi connectivity index (χ3v) is 4.12. The van der Waals surface area contributed by atoms with Gasteiger partial charge in [0.05, 0.1) is 11.3 Å². The summed E-state index contributed by atoms with van der Waals surface area (Å²) in [5.74, 6) is -0.848. The first-order valence-corrected chi connectivity index (χ1v) is 6.75. The van der Waals surface area contributed by atoms with E-state index in [1.807, 2.05) is 23.9 Å². The fraction of sp³-hybridized carbons (Fsp3) is 0.462. The molecule has 0 amide bonds. The predicted octanol–water partition coefficient (Wildman–Crippen LogP) is 2.72. The van der Waals surface area contributed by atoms with Gasteiger partial charge in [-0.1, -0.05) is 26.0 Å². The number of nitrogens with zero attached hydrogens (tertiary/aromatic N) is 1. The number of thioether (sulfide) groups is 1. The summed E-state index contributed by atoms with van der Waals surface area (Å²) in [4.78, 5) is 13.4. The molecule has 17 heavy (non-hydrogen) atoms. The Kier molecular flexibility index (Phi) is 3.62. The fourth-order valence-electron chi connectivity index (χ4n) is 2.30. The lowest BCUT2D eigenvalue weighted by Crippen LogP contribution is -2.41. The zero-order chi connectivity index (χ0) is 12.4. The van der Waals surface area contributed by atoms with Gasteiger partial charge in [-0.25, -0.2) is 4.79 Å². The van der Waals surface area contributed by atoms with E-state index < -0.39 is 5.97 Å². The number of hydrogen-bond donors (Lipinski definition) is 1. The first-order valence-electron chi connectivity index (χ1n) is 5.80. The summed E-state index contributed by atoms with van der Waals surface area (Å²) in [5, 5.41) is 10.3. The van der Waals surface area contributed by atoms with E-state index in [0.29, 0.717) is 16.1 Å². The Morgan fingerprint density at radius 1 is 1.29 bits per heavy atom. The van der Waals surface area contributed by atoms with Crippen LogP contribution in [0.25, 0.3) is 0 Å². The first kappa shape index (κ1) is 12.3. The molecule has 0 radical (unpaired) electrons. The van der Waals surface area contributed by atoms with E-state index in [2.05, 4.69) is 18.7 Å². The van der Waals surface area contributed by atoms with Crippen LogP contribution in [0.5, 0.6) is 0 Å². The van der Waals surface area contributed by atoms with Crippen molar-refractivity contribution in [1.82, 2.24) is 0 Å². The van der Waals surface area contributed by atoms with Gasteiger partial charge in [0.15, 0.2) is 0 Å². The molecule has 1 aromatic rings. The summed E-state index contributed by atoms with van der Waals surface area (Å²) in [6.07, 6.45) is 0. The zero-order valence-electron chi connectivity index (χ0n) is 10.1. The second kappa shape index (κ2) is 5.00. The van der Waals surface area contributed by atoms with Crippen LogP contribution in [0.1, 0.15) is 24.2 Å². The van der Waals surface area contributed by atoms with Crippen LogP contribution in [-0.2, 0) is 0 Å². The van der Waals surface area contributed by atoms with Crippen LogP contribution in [0, 0.1) is 0 Å². The summed E-state index contributed by atoms with van der Waals surface area (Å²) < 4.78 is 0. The van der Waals surface area contributed by atoms with Gasteiger partial charge in [0, 0.05) is 23.6 Å². The lowest BCUT2D eigenvalue weighted by Gasteiger charge is -2.36. The number of carboxylic acids is 1. The predicted molar refractivity (Wildman–Crippen MR) is 72.1 cm³/mol. The zero-order valence-corrected chi connectivity index (χ0v) is 10.9. The van der Waals surface area contributed by atoms with Gasteiger partial charge in [-0.2, -0.15) is 11.8 Å². The minimum Gasteiger partial charge on any atom is -0.478 e. The van der Waals surface area contributed by atoms with E-state index in [1.165, 1.54) is 0 Å². The summed E-state index contributed by atoms with van der Waals surface area (Å²) in [6.45, 7) is 6.21. The van der Waals surface area contributed by atoms with Crippen molar-refractivity contribution in [2.45, 2.75) is 24.3 Å². The van der Waals surface area contributed by atoms with E-state index in [9.17, 15) is 9.90 Å². The highest BCUT2D eigenvalue weighted by molar-refractivity contribution is 8.00. The summed E-state index contributed by atoms with van der Waals surface area (Å²) >= 11 is 1.96. The monoisotopic (exact) mass is 251 g/mol. The van der Waals surface area contributed by atoms with Crippen molar-refractivity contribution in [3.63, 3.8) is 0 Å². The molecule has 2 rings (SSSR count). The normalized spacial score (nSPS) is 24.7. The smallest absolute Gasteiger partial charge is 0.337 e. The number of rotatable bonds is 2. The first-order chi connectivity index (χ1) is 8.08. The van der Waals surface area contributed by atoms with Crippen LogP contribution in [0.2, 0.25) is 0 Å². The van der Waals surface area contributed by atoms with Crippen LogP contribution in [0.15, 0.2) is 24.3 Å². The van der Waals surface area contributed by atoms with Crippen LogP contribution in [0.3, 0.4) is 0 Å². The average molecular weight is 251 g/mol. The molecule has 2 unspecified atom stereocenters. The van der Waals surface area contributed by atoms with Gasteiger partial charge in [-0.15, -0.1) is 0 Å². The molecule has 3 nitrogen and oxygen atoms in total. The maximum Gasteiger partial charge on any atom is 0.337 e. The van der Waals surface area contributed by atoms with Crippen LogP contribution in [-0.4, -0.2) is 34.7 Å². The Morgan fingerprint density at radius 2 is 1.88 bits per heavy atom. The third-order valence-electron chi connectivity index (χ3n) is 2.89. The Balaban J connectivity index is 2.30. The molecule has 4 heteroatoms. The van der Waals surface area contributed by atoms with Crippen molar-refractivity contribution in [3.05, 3.63) is 29.8 Å². The molecule has 1 N–H and O–H groups in total. The summed E-state index contributed by atoms with van der Waals surface area (Å²) in [5.41, 5.74) is 1.25. The van der Waals surface area contributed by atoms with Crippen molar-refractivity contribution < 1.29 is 9.90 Å². The highest BCUT2D eigenvalue weighted by Crippen LogP contribution is 2.30. The van der Waals surface area contributed by atoms with E-state index in [4.69, 9.17) is 0 Å². The van der Waals surface area contributed by atoms with Gasteiger partial charge < -0.3 is 10.0 Å². The number of hydrogen-bond acceptors (Lipinski definition) is 3. The Labute approximate surface area is 106 Å². The van der Waals surface area contributed by atoms with E-state index >= 15 is 0 Å². The molecule has 1 fully saturated rings. The summed E-state index contributed by atoms with van der Waals surface area (Å²) in [6, 6.07) is 7.25. The number of para-hydroxylation sites is 1. The molecule has 1 aliphatic rings. The quantitative estimate of drug-likeness (QED) is 0.877. The van der Waals surface area contributed by atoms with Crippen molar-refractivity contribution in [3.8, 4) is 0 Å². The molecule has 0 bridgehead atoms. The van der Waals surface area contributed by atoms with Gasteiger partial charge in [-0.3, -0.25) is 0 Å². The molecule has 0 spiro atoms. The van der Waals surface area contributed by atoms with Gasteiger partial charge in [-0.05, 0) is 12.1 Å². The largest absolute Gasteiger partial charge is 0.478 e. The maximum atomic E-state index is 11.2. The van der Waals surface area contributed by atoms with Crippen LogP contribution >= 0.6 is 11.8 Å². The molecular weight excluding hydrogens is 234 g/mol. The van der Waals surface area contributed by atoms with Gasteiger partial charge in [0.2, 0.25) is 0 Å². The number of benzene rings is 1. The van der Waals surface area contributed by atoms with Gasteiger partial charge in [0.1, 0.15) is 0 Å². The second-order valence-electron chi connectivity index (χ2n) is 4.48. The molecule has 1 aromatic carbocycles. The minimum atomic E-state index is -0.848. The molecule has 0 aliphatic carbocycles. The Hall–Kier alpha value is -1.16. The SMILES string of the molecule is CC1CN(c2ccccc2C(=O)O)CC(C)S1. The van der Waals surface area contributed by atoms with E-state index in [0.717, 1.165) is 18.8 Å². The number of aromatic carboxylic acids is 1. The highest BCUT2D eigenvalue weighted by Gasteiger charge is 2.24. The number of carboxylic acid groups (broad SMARTS) is 1. The molecule has 1 saturated heterocycles. The molecule has 1 aliphatic heterocycles. The molecule has 1 heterocycles. The standard InChI is InChI=1S/C13H17NO2S/c1-9-7-14(8-10(2)17-9)12-6-4-3-5-11(12)13(15)16/h3-6,9-10H,7-8H2,1-2H3,(H,15,16). The molecule has 2 atom stereocenters. The van der Waals surface area contributed by atoms with Crippen molar-refractivity contribution in [2.75, 3.05) is 18.0 Å². The molecule has 92 valence electrons. The lowest BCUT2D eigenvalue weighted by molar-refractivity contribution is 0.0697. The lowest BCUT2D eigenvalue weighted by atomic mass is 10.1. The van der Waals surface area contributed by atoms with Gasteiger partial charge >= 0.3 is 5.97 Å². The number of carbonyl (C=O) groups is 1. The second-order valence-corrected chi connectivity index (χ2v) is 6.37. The molecule has 0 saturated carbocycles. The van der Waals surface area contributed by atoms with E-state index in [1.54, 1.807) is 12.1 Å². The highest BCUT2D eigenvalue weighted by atomic mass is 32.2. The Bertz CT molecular complexity index is 412. The third kappa shape index (κ3) is 2.75. The Morgan fingerprint density at radius 3 is 2.47 bits per heavy atom. The minimum absolute atomic E-state index is 0.402. The van der Waals surface area contributed by atoms with Gasteiger partial charge in [0.25, 0.3) is 0 Å². The fourth-order valence-corrected chi connectivity index (χ4v) is 3.63. The average Bonchev–Trinajstić information content (AvgIpc) is 2.27. The molecular formula is C13H17NO2S. The van der Waals surface area contributed by atoms with Crippen molar-refractivity contribution in [2.24, 2.45) is 0 Å². The number of anilines is 1. The van der Waals surface area contributed by atoms with Crippen LogP contribution in [0.4, 0.5) is 5.69 Å². The van der Waals surface area contributed by atoms with E-state index in [-0.39, 0.29) is 0 Å². The topological polar surface area (TPSA) is 40.5 Å². The summed E-state index contributed by atoms with van der Waals surface area (Å²) in [7, 11) is 0. The maximum absolute atomic E-state index is 11.2. The van der Waals surface area contributed by atoms with Crippen LogP contribution < -0.4 is 4.90 Å². The molecule has 0 aromatic heterocycles. The van der Waals surface area contributed by atoms with Crippen molar-refractivity contribution >= 4 is 23.4 Å². The van der Waals surface area contributed by atoms with Crippen molar-refractivity contribution in [1.29, 1.82) is 0 Å².